The number of hydrogen-bond donors (Lipinski definition) is 2. The standard InChI is InChI=1S/C12H9BrN4/c13-9-5-15-12-10(9)11(16-6-17-12)7-2-1-3-8(14)4-7/h1-6H,14H2,(H,15,16,17). The van der Waals surface area contributed by atoms with E-state index in [1.165, 1.54) is 0 Å². The van der Waals surface area contributed by atoms with E-state index in [-0.39, 0.29) is 0 Å². The maximum absolute atomic E-state index is 5.79. The Labute approximate surface area is 106 Å². The fraction of sp³-hybridized carbons (Fsp3) is 0. The van der Waals surface area contributed by atoms with Crippen molar-refractivity contribution in [1.29, 1.82) is 0 Å². The van der Waals surface area contributed by atoms with Crippen LogP contribution in [0, 0.1) is 0 Å². The minimum absolute atomic E-state index is 0.723. The second-order valence-electron chi connectivity index (χ2n) is 3.71. The highest BCUT2D eigenvalue weighted by molar-refractivity contribution is 9.10. The highest BCUT2D eigenvalue weighted by atomic mass is 79.9. The van der Waals surface area contributed by atoms with Gasteiger partial charge in [-0.05, 0) is 28.1 Å². The van der Waals surface area contributed by atoms with E-state index in [1.54, 1.807) is 6.33 Å². The lowest BCUT2D eigenvalue weighted by Crippen LogP contribution is -1.89. The zero-order valence-electron chi connectivity index (χ0n) is 8.81. The van der Waals surface area contributed by atoms with Crippen molar-refractivity contribution in [3.8, 4) is 11.3 Å². The molecule has 1 aromatic carbocycles. The zero-order valence-corrected chi connectivity index (χ0v) is 10.4. The van der Waals surface area contributed by atoms with E-state index in [0.29, 0.717) is 0 Å². The molecular weight excluding hydrogens is 280 g/mol. The summed E-state index contributed by atoms with van der Waals surface area (Å²) in [5, 5.41) is 0.970. The van der Waals surface area contributed by atoms with Gasteiger partial charge < -0.3 is 10.7 Å². The summed E-state index contributed by atoms with van der Waals surface area (Å²) in [5.41, 5.74) is 9.18. The van der Waals surface area contributed by atoms with Gasteiger partial charge in [0.15, 0.2) is 0 Å². The van der Waals surface area contributed by atoms with Gasteiger partial charge in [-0.3, -0.25) is 0 Å². The normalized spacial score (nSPS) is 10.9. The van der Waals surface area contributed by atoms with Crippen molar-refractivity contribution in [1.82, 2.24) is 15.0 Å². The SMILES string of the molecule is Nc1cccc(-c2ncnc3[nH]cc(Br)c23)c1. The van der Waals surface area contributed by atoms with E-state index in [1.807, 2.05) is 30.5 Å². The number of rotatable bonds is 1. The van der Waals surface area contributed by atoms with Gasteiger partial charge in [0.1, 0.15) is 12.0 Å². The first-order valence-corrected chi connectivity index (χ1v) is 5.88. The molecule has 0 aliphatic carbocycles. The number of aromatic nitrogens is 3. The third kappa shape index (κ3) is 1.68. The summed E-state index contributed by atoms with van der Waals surface area (Å²) in [5.74, 6) is 0. The average molecular weight is 289 g/mol. The molecule has 2 heterocycles. The van der Waals surface area contributed by atoms with Crippen LogP contribution >= 0.6 is 15.9 Å². The third-order valence-electron chi connectivity index (χ3n) is 2.58. The molecule has 0 amide bonds. The van der Waals surface area contributed by atoms with Gasteiger partial charge in [0, 0.05) is 21.9 Å². The van der Waals surface area contributed by atoms with Crippen molar-refractivity contribution in [2.75, 3.05) is 5.73 Å². The van der Waals surface area contributed by atoms with Crippen LogP contribution in [0.5, 0.6) is 0 Å². The molecule has 0 aliphatic heterocycles. The number of hydrogen-bond acceptors (Lipinski definition) is 3. The van der Waals surface area contributed by atoms with Gasteiger partial charge in [0.05, 0.1) is 11.1 Å². The molecule has 0 saturated heterocycles. The smallest absolute Gasteiger partial charge is 0.142 e. The van der Waals surface area contributed by atoms with Gasteiger partial charge in [-0.1, -0.05) is 12.1 Å². The Bertz CT molecular complexity index is 690. The summed E-state index contributed by atoms with van der Waals surface area (Å²) in [6, 6.07) is 7.66. The van der Waals surface area contributed by atoms with Crippen molar-refractivity contribution >= 4 is 32.7 Å². The third-order valence-corrected chi connectivity index (χ3v) is 3.21. The van der Waals surface area contributed by atoms with Crippen molar-refractivity contribution in [3.63, 3.8) is 0 Å². The first-order chi connectivity index (χ1) is 8.25. The summed E-state index contributed by atoms with van der Waals surface area (Å²) in [6.45, 7) is 0. The molecule has 0 aliphatic rings. The highest BCUT2D eigenvalue weighted by Crippen LogP contribution is 2.31. The van der Waals surface area contributed by atoms with E-state index in [4.69, 9.17) is 5.73 Å². The number of nitrogens with two attached hydrogens (primary N) is 1. The number of H-pyrrole nitrogens is 1. The molecule has 0 bridgehead atoms. The van der Waals surface area contributed by atoms with Gasteiger partial charge in [-0.15, -0.1) is 0 Å². The van der Waals surface area contributed by atoms with Crippen LogP contribution in [0.4, 0.5) is 5.69 Å². The minimum atomic E-state index is 0.723. The second kappa shape index (κ2) is 3.85. The fourth-order valence-corrected chi connectivity index (χ4v) is 2.32. The number of anilines is 1. The molecule has 3 rings (SSSR count). The molecule has 3 aromatic rings. The van der Waals surface area contributed by atoms with Crippen molar-refractivity contribution in [2.24, 2.45) is 0 Å². The monoisotopic (exact) mass is 288 g/mol. The van der Waals surface area contributed by atoms with Crippen molar-refractivity contribution in [3.05, 3.63) is 41.3 Å². The number of benzene rings is 1. The number of nitrogens with zero attached hydrogens (tertiary/aromatic N) is 2. The van der Waals surface area contributed by atoms with Crippen LogP contribution in [0.2, 0.25) is 0 Å². The van der Waals surface area contributed by atoms with Crippen LogP contribution < -0.4 is 5.73 Å². The second-order valence-corrected chi connectivity index (χ2v) is 4.56. The van der Waals surface area contributed by atoms with Gasteiger partial charge in [-0.2, -0.15) is 0 Å². The van der Waals surface area contributed by atoms with Crippen molar-refractivity contribution in [2.45, 2.75) is 0 Å². The molecule has 17 heavy (non-hydrogen) atoms. The average Bonchev–Trinajstić information content (AvgIpc) is 2.71. The van der Waals surface area contributed by atoms with E-state index in [0.717, 1.165) is 32.5 Å². The molecule has 0 fully saturated rings. The Morgan fingerprint density at radius 1 is 1.24 bits per heavy atom. The van der Waals surface area contributed by atoms with Crippen LogP contribution in [-0.2, 0) is 0 Å². The zero-order chi connectivity index (χ0) is 11.8. The molecule has 0 saturated carbocycles. The maximum Gasteiger partial charge on any atom is 0.142 e. The Morgan fingerprint density at radius 3 is 2.94 bits per heavy atom. The summed E-state index contributed by atoms with van der Waals surface area (Å²) in [7, 11) is 0. The van der Waals surface area contributed by atoms with Crippen molar-refractivity contribution < 1.29 is 0 Å². The molecule has 4 nitrogen and oxygen atoms in total. The maximum atomic E-state index is 5.79. The first kappa shape index (κ1) is 10.3. The van der Waals surface area contributed by atoms with Gasteiger partial charge >= 0.3 is 0 Å². The molecular formula is C12H9BrN4. The molecule has 0 unspecified atom stereocenters. The summed E-state index contributed by atoms with van der Waals surface area (Å²) >= 11 is 3.49. The molecule has 0 radical (unpaired) electrons. The lowest BCUT2D eigenvalue weighted by atomic mass is 10.1. The number of aromatic amines is 1. The lowest BCUT2D eigenvalue weighted by molar-refractivity contribution is 1.20. The first-order valence-electron chi connectivity index (χ1n) is 5.09. The number of nitrogens with one attached hydrogen (secondary N) is 1. The minimum Gasteiger partial charge on any atom is -0.399 e. The van der Waals surface area contributed by atoms with Gasteiger partial charge in [0.25, 0.3) is 0 Å². The molecule has 3 N–H and O–H groups in total. The van der Waals surface area contributed by atoms with E-state index in [2.05, 4.69) is 30.9 Å². The van der Waals surface area contributed by atoms with E-state index in [9.17, 15) is 0 Å². The fourth-order valence-electron chi connectivity index (χ4n) is 1.83. The highest BCUT2D eigenvalue weighted by Gasteiger charge is 2.10. The summed E-state index contributed by atoms with van der Waals surface area (Å²) in [4.78, 5) is 11.6. The Balaban J connectivity index is 2.33. The predicted molar refractivity (Wildman–Crippen MR) is 71.4 cm³/mol. The Hall–Kier alpha value is -1.88. The largest absolute Gasteiger partial charge is 0.399 e. The Morgan fingerprint density at radius 2 is 2.12 bits per heavy atom. The summed E-state index contributed by atoms with van der Waals surface area (Å²) < 4.78 is 0.950. The number of fused-ring (bicyclic) bond motifs is 1. The molecule has 2 aromatic heterocycles. The van der Waals surface area contributed by atoms with Crippen LogP contribution in [0.1, 0.15) is 0 Å². The number of halogens is 1. The van der Waals surface area contributed by atoms with Crippen LogP contribution in [0.15, 0.2) is 41.3 Å². The predicted octanol–water partition coefficient (Wildman–Crippen LogP) is 2.97. The topological polar surface area (TPSA) is 67.6 Å². The quantitative estimate of drug-likeness (QED) is 0.677. The van der Waals surface area contributed by atoms with Crippen LogP contribution in [0.3, 0.4) is 0 Å². The van der Waals surface area contributed by atoms with Crippen LogP contribution in [0.25, 0.3) is 22.3 Å². The van der Waals surface area contributed by atoms with Gasteiger partial charge in [0.2, 0.25) is 0 Å². The van der Waals surface area contributed by atoms with Crippen LogP contribution in [-0.4, -0.2) is 15.0 Å². The summed E-state index contributed by atoms with van der Waals surface area (Å²) in [6.07, 6.45) is 3.40. The lowest BCUT2D eigenvalue weighted by Gasteiger charge is -2.03. The molecule has 0 spiro atoms. The van der Waals surface area contributed by atoms with E-state index >= 15 is 0 Å². The van der Waals surface area contributed by atoms with E-state index < -0.39 is 0 Å². The van der Waals surface area contributed by atoms with Gasteiger partial charge in [-0.25, -0.2) is 9.97 Å². The Kier molecular flexibility index (Phi) is 2.33. The molecule has 0 atom stereocenters. The molecule has 84 valence electrons. The molecule has 5 heteroatoms. The number of nitrogen functional groups attached to an aromatic ring is 1.